The van der Waals surface area contributed by atoms with Gasteiger partial charge in [-0.15, -0.1) is 0 Å². The predicted octanol–water partition coefficient (Wildman–Crippen LogP) is 15.8. The van der Waals surface area contributed by atoms with E-state index in [9.17, 15) is 0 Å². The third-order valence-electron chi connectivity index (χ3n) is 11.7. The summed E-state index contributed by atoms with van der Waals surface area (Å²) in [7, 11) is 0. The van der Waals surface area contributed by atoms with Crippen molar-refractivity contribution in [2.75, 3.05) is 0 Å². The third-order valence-corrected chi connectivity index (χ3v) is 11.7. The van der Waals surface area contributed by atoms with Crippen LogP contribution in [0, 0.1) is 0 Å². The number of hydrogen-bond acceptors (Lipinski definition) is 1. The number of aromatic nitrogens is 2. The van der Waals surface area contributed by atoms with Gasteiger partial charge in [-0.2, -0.15) is 0 Å². The highest BCUT2D eigenvalue weighted by Crippen LogP contribution is 2.40. The van der Waals surface area contributed by atoms with Crippen molar-refractivity contribution in [1.82, 2.24) is 9.13 Å². The molecule has 0 fully saturated rings. The maximum atomic E-state index is 6.46. The molecule has 0 aliphatic carbocycles. The van der Waals surface area contributed by atoms with Crippen molar-refractivity contribution in [1.29, 1.82) is 0 Å². The Morgan fingerprint density at radius 1 is 0.271 bits per heavy atom. The number of para-hydroxylation sites is 2. The summed E-state index contributed by atoms with van der Waals surface area (Å²) in [4.78, 5) is 0. The lowest BCUT2D eigenvalue weighted by Crippen LogP contribution is -1.94. The standard InChI is InChI=1S/C54H34N2O.C2H6/c1-3-12-35(13-4-1)37-16-11-17-41(30-37)55-49-20-9-7-19-44(49)46-32-39(23-27-51(46)55)40-24-28-53-47(33-40)48-34-42(25-29-54(48)57-53)56-50-21-10-8-18-43(50)45-31-38(22-26-52(45)56)36-14-5-2-6-15-36;1-2/h1-34H;1-2H3. The Morgan fingerprint density at radius 2 is 0.678 bits per heavy atom. The molecule has 12 aromatic rings. The van der Waals surface area contributed by atoms with Crippen LogP contribution < -0.4 is 0 Å². The highest BCUT2D eigenvalue weighted by atomic mass is 16.3. The van der Waals surface area contributed by atoms with Gasteiger partial charge in [0, 0.05) is 43.7 Å². The van der Waals surface area contributed by atoms with E-state index in [1.54, 1.807) is 0 Å². The van der Waals surface area contributed by atoms with E-state index in [2.05, 4.69) is 215 Å². The molecule has 3 aromatic heterocycles. The number of hydrogen-bond donors (Lipinski definition) is 0. The minimum Gasteiger partial charge on any atom is -0.456 e. The van der Waals surface area contributed by atoms with Crippen molar-refractivity contribution in [3.63, 3.8) is 0 Å². The van der Waals surface area contributed by atoms with E-state index in [4.69, 9.17) is 4.42 Å². The van der Waals surface area contributed by atoms with Crippen LogP contribution in [-0.2, 0) is 0 Å². The van der Waals surface area contributed by atoms with Crippen LogP contribution in [0.4, 0.5) is 0 Å². The van der Waals surface area contributed by atoms with Crippen LogP contribution in [0.15, 0.2) is 211 Å². The molecule has 0 saturated heterocycles. The van der Waals surface area contributed by atoms with E-state index in [0.29, 0.717) is 0 Å². The number of furan rings is 1. The van der Waals surface area contributed by atoms with E-state index < -0.39 is 0 Å². The molecule has 0 spiro atoms. The van der Waals surface area contributed by atoms with Crippen molar-refractivity contribution in [2.45, 2.75) is 13.8 Å². The average molecular weight is 757 g/mol. The minimum atomic E-state index is 0.884. The molecule has 0 amide bonds. The van der Waals surface area contributed by atoms with Crippen molar-refractivity contribution in [3.05, 3.63) is 206 Å². The second-order valence-electron chi connectivity index (χ2n) is 14.9. The highest BCUT2D eigenvalue weighted by Gasteiger charge is 2.17. The van der Waals surface area contributed by atoms with Crippen LogP contribution in [0.2, 0.25) is 0 Å². The van der Waals surface area contributed by atoms with Gasteiger partial charge >= 0.3 is 0 Å². The first-order valence-corrected chi connectivity index (χ1v) is 20.5. The van der Waals surface area contributed by atoms with Gasteiger partial charge in [0.05, 0.1) is 22.1 Å². The molecule has 0 aliphatic heterocycles. The molecule has 12 rings (SSSR count). The molecule has 3 heteroatoms. The fourth-order valence-electron chi connectivity index (χ4n) is 9.03. The van der Waals surface area contributed by atoms with E-state index >= 15 is 0 Å². The third kappa shape index (κ3) is 5.66. The van der Waals surface area contributed by atoms with Gasteiger partial charge in [-0.1, -0.05) is 141 Å². The van der Waals surface area contributed by atoms with E-state index in [-0.39, 0.29) is 0 Å². The molecule has 0 bridgehead atoms. The molecule has 3 heterocycles. The average Bonchev–Trinajstić information content (AvgIpc) is 3.97. The van der Waals surface area contributed by atoms with Gasteiger partial charge in [0.15, 0.2) is 0 Å². The monoisotopic (exact) mass is 756 g/mol. The fraction of sp³-hybridized carbons (Fsp3) is 0.0357. The van der Waals surface area contributed by atoms with Gasteiger partial charge in [0.25, 0.3) is 0 Å². The second kappa shape index (κ2) is 14.1. The van der Waals surface area contributed by atoms with Gasteiger partial charge in [0.2, 0.25) is 0 Å². The molecule has 9 aromatic carbocycles. The lowest BCUT2D eigenvalue weighted by molar-refractivity contribution is 0.669. The van der Waals surface area contributed by atoms with Crippen molar-refractivity contribution >= 4 is 65.6 Å². The highest BCUT2D eigenvalue weighted by molar-refractivity contribution is 6.13. The summed E-state index contributed by atoms with van der Waals surface area (Å²) in [6.07, 6.45) is 0. The zero-order valence-electron chi connectivity index (χ0n) is 32.9. The van der Waals surface area contributed by atoms with Gasteiger partial charge in [-0.25, -0.2) is 0 Å². The Bertz CT molecular complexity index is 3510. The topological polar surface area (TPSA) is 23.0 Å². The first kappa shape index (κ1) is 34.6. The Kier molecular flexibility index (Phi) is 8.27. The zero-order chi connectivity index (χ0) is 39.5. The Hall–Kier alpha value is -7.62. The van der Waals surface area contributed by atoms with Crippen LogP contribution in [0.5, 0.6) is 0 Å². The summed E-state index contributed by atoms with van der Waals surface area (Å²) >= 11 is 0. The quantitative estimate of drug-likeness (QED) is 0.171. The molecule has 280 valence electrons. The van der Waals surface area contributed by atoms with Crippen molar-refractivity contribution < 1.29 is 4.42 Å². The fourth-order valence-corrected chi connectivity index (χ4v) is 9.03. The number of nitrogens with zero attached hydrogens (tertiary/aromatic N) is 2. The first-order chi connectivity index (χ1) is 29.2. The van der Waals surface area contributed by atoms with Crippen LogP contribution in [0.25, 0.3) is 110 Å². The summed E-state index contributed by atoms with van der Waals surface area (Å²) in [5.41, 5.74) is 16.0. The molecule has 0 radical (unpaired) electrons. The summed E-state index contributed by atoms with van der Waals surface area (Å²) < 4.78 is 11.2. The molecule has 3 nitrogen and oxygen atoms in total. The van der Waals surface area contributed by atoms with Crippen molar-refractivity contribution in [2.24, 2.45) is 0 Å². The van der Waals surface area contributed by atoms with Crippen LogP contribution in [-0.4, -0.2) is 9.13 Å². The Labute approximate surface area is 342 Å². The number of fused-ring (bicyclic) bond motifs is 9. The zero-order valence-corrected chi connectivity index (χ0v) is 32.9. The summed E-state index contributed by atoms with van der Waals surface area (Å²) in [6.45, 7) is 4.00. The number of benzene rings is 9. The van der Waals surface area contributed by atoms with Gasteiger partial charge in [-0.3, -0.25) is 0 Å². The normalized spacial score (nSPS) is 11.6. The van der Waals surface area contributed by atoms with E-state index in [0.717, 1.165) is 38.9 Å². The maximum absolute atomic E-state index is 6.46. The van der Waals surface area contributed by atoms with E-state index in [1.807, 2.05) is 13.8 Å². The van der Waals surface area contributed by atoms with Gasteiger partial charge < -0.3 is 13.6 Å². The summed E-state index contributed by atoms with van der Waals surface area (Å²) in [5.74, 6) is 0. The molecular weight excluding hydrogens is 717 g/mol. The Morgan fingerprint density at radius 3 is 1.27 bits per heavy atom. The summed E-state index contributed by atoms with van der Waals surface area (Å²) in [5, 5.41) is 7.16. The lowest BCUT2D eigenvalue weighted by Gasteiger charge is -2.11. The minimum absolute atomic E-state index is 0.884. The first-order valence-electron chi connectivity index (χ1n) is 20.5. The van der Waals surface area contributed by atoms with Crippen LogP contribution in [0.1, 0.15) is 13.8 Å². The smallest absolute Gasteiger partial charge is 0.135 e. The summed E-state index contributed by atoms with van der Waals surface area (Å²) in [6, 6.07) is 74.5. The van der Waals surface area contributed by atoms with Crippen LogP contribution in [0.3, 0.4) is 0 Å². The molecule has 0 N–H and O–H groups in total. The van der Waals surface area contributed by atoms with E-state index in [1.165, 1.54) is 71.4 Å². The molecular formula is C56H40N2O. The maximum Gasteiger partial charge on any atom is 0.135 e. The van der Waals surface area contributed by atoms with Gasteiger partial charge in [-0.05, 0) is 112 Å². The van der Waals surface area contributed by atoms with Gasteiger partial charge in [0.1, 0.15) is 11.2 Å². The largest absolute Gasteiger partial charge is 0.456 e. The second-order valence-corrected chi connectivity index (χ2v) is 14.9. The lowest BCUT2D eigenvalue weighted by atomic mass is 10.0. The molecule has 0 atom stereocenters. The Balaban J connectivity index is 0.00000196. The SMILES string of the molecule is CC.c1ccc(-c2cccc(-n3c4ccccc4c4cc(-c5ccc6oc7ccc(-n8c9ccccc9c9cc(-c%10ccccc%10)ccc98)cc7c6c5)ccc43)c2)cc1. The molecule has 59 heavy (non-hydrogen) atoms. The van der Waals surface area contributed by atoms with Crippen molar-refractivity contribution in [3.8, 4) is 44.8 Å². The predicted molar refractivity (Wildman–Crippen MR) is 250 cm³/mol. The molecule has 0 aliphatic rings. The molecule has 0 saturated carbocycles. The molecule has 0 unspecified atom stereocenters. The van der Waals surface area contributed by atoms with Crippen LogP contribution >= 0.6 is 0 Å². The number of rotatable bonds is 5.